The summed E-state index contributed by atoms with van der Waals surface area (Å²) in [6, 6.07) is 0. The molecule has 9 heteroatoms. The van der Waals surface area contributed by atoms with Crippen LogP contribution in [0.5, 0.6) is 0 Å². The van der Waals surface area contributed by atoms with Crippen LogP contribution in [0, 0.1) is 13.8 Å². The summed E-state index contributed by atoms with van der Waals surface area (Å²) in [5.41, 5.74) is -1.75. The normalized spacial score (nSPS) is 10.5. The van der Waals surface area contributed by atoms with Crippen LogP contribution in [0.1, 0.15) is 17.6 Å². The minimum atomic E-state index is -3.04. The average Bonchev–Trinajstić information content (AvgIpc) is 2.30. The highest BCUT2D eigenvalue weighted by molar-refractivity contribution is 14.1. The van der Waals surface area contributed by atoms with E-state index in [-0.39, 0.29) is 9.26 Å². The lowest BCUT2D eigenvalue weighted by Gasteiger charge is -2.08. The number of hydrogen-bond donors (Lipinski definition) is 0. The van der Waals surface area contributed by atoms with Crippen LogP contribution in [0.4, 0.5) is 14.5 Å². The molecular formula is C9H7F2IN2O4. The van der Waals surface area contributed by atoms with E-state index in [2.05, 4.69) is 9.72 Å². The van der Waals surface area contributed by atoms with E-state index in [0.717, 1.165) is 13.3 Å². The predicted octanol–water partition coefficient (Wildman–Crippen LogP) is 2.25. The molecule has 0 aromatic carbocycles. The molecule has 1 aromatic heterocycles. The van der Waals surface area contributed by atoms with Crippen molar-refractivity contribution >= 4 is 34.2 Å². The van der Waals surface area contributed by atoms with Crippen LogP contribution in [0.25, 0.3) is 0 Å². The van der Waals surface area contributed by atoms with Gasteiger partial charge in [-0.05, 0) is 22.6 Å². The first kappa shape index (κ1) is 14.7. The van der Waals surface area contributed by atoms with E-state index in [1.54, 1.807) is 22.6 Å². The van der Waals surface area contributed by atoms with Crippen molar-refractivity contribution in [1.29, 1.82) is 0 Å². The second-order valence-corrected chi connectivity index (χ2v) is 4.16. The van der Waals surface area contributed by atoms with Crippen molar-refractivity contribution in [3.8, 4) is 0 Å². The van der Waals surface area contributed by atoms with Crippen molar-refractivity contribution in [3.63, 3.8) is 0 Å². The van der Waals surface area contributed by atoms with Gasteiger partial charge >= 0.3 is 5.97 Å². The second-order valence-electron chi connectivity index (χ2n) is 3.14. The van der Waals surface area contributed by atoms with Gasteiger partial charge in [0.2, 0.25) is 0 Å². The average molecular weight is 372 g/mol. The SMILES string of the molecule is COC(=O)Cc1c(I)ncc(C(F)F)c1[N+](=O)[O-]. The highest BCUT2D eigenvalue weighted by Crippen LogP contribution is 2.33. The molecule has 18 heavy (non-hydrogen) atoms. The van der Waals surface area contributed by atoms with Crippen LogP contribution >= 0.6 is 22.6 Å². The maximum Gasteiger partial charge on any atom is 0.310 e. The lowest BCUT2D eigenvalue weighted by molar-refractivity contribution is -0.387. The summed E-state index contributed by atoms with van der Waals surface area (Å²) in [6.45, 7) is 0. The van der Waals surface area contributed by atoms with E-state index in [9.17, 15) is 23.7 Å². The van der Waals surface area contributed by atoms with Gasteiger partial charge in [-0.15, -0.1) is 0 Å². The summed E-state index contributed by atoms with van der Waals surface area (Å²) in [5, 5.41) is 10.9. The van der Waals surface area contributed by atoms with Crippen LogP contribution in [0.3, 0.4) is 0 Å². The zero-order valence-electron chi connectivity index (χ0n) is 9.02. The van der Waals surface area contributed by atoms with Crippen molar-refractivity contribution < 1.29 is 23.2 Å². The standard InChI is InChI=1S/C9H7F2IN2O4/c1-18-6(15)2-4-7(14(16)17)5(8(10)11)3-13-9(4)12/h3,8H,2H2,1H3. The Morgan fingerprint density at radius 1 is 1.67 bits per heavy atom. The molecule has 98 valence electrons. The minimum Gasteiger partial charge on any atom is -0.469 e. The molecule has 0 unspecified atom stereocenters. The number of ether oxygens (including phenoxy) is 1. The van der Waals surface area contributed by atoms with Crippen LogP contribution in [-0.2, 0) is 16.0 Å². The van der Waals surface area contributed by atoms with Crippen LogP contribution in [0.15, 0.2) is 6.20 Å². The van der Waals surface area contributed by atoms with Gasteiger partial charge in [0.05, 0.1) is 24.0 Å². The Kier molecular flexibility index (Phi) is 4.87. The van der Waals surface area contributed by atoms with Gasteiger partial charge in [-0.1, -0.05) is 0 Å². The molecule has 0 saturated carbocycles. The summed E-state index contributed by atoms with van der Waals surface area (Å²) in [4.78, 5) is 24.7. The van der Waals surface area contributed by atoms with Gasteiger partial charge in [0.25, 0.3) is 12.1 Å². The maximum absolute atomic E-state index is 12.7. The fourth-order valence-electron chi connectivity index (χ4n) is 1.29. The predicted molar refractivity (Wildman–Crippen MR) is 64.3 cm³/mol. The Labute approximate surface area is 114 Å². The molecule has 6 nitrogen and oxygen atoms in total. The lowest BCUT2D eigenvalue weighted by Crippen LogP contribution is -2.11. The fraction of sp³-hybridized carbons (Fsp3) is 0.333. The monoisotopic (exact) mass is 372 g/mol. The third kappa shape index (κ3) is 3.09. The van der Waals surface area contributed by atoms with E-state index in [4.69, 9.17) is 0 Å². The number of esters is 1. The van der Waals surface area contributed by atoms with Gasteiger partial charge in [0.15, 0.2) is 0 Å². The zero-order valence-corrected chi connectivity index (χ0v) is 11.2. The quantitative estimate of drug-likeness (QED) is 0.266. The summed E-state index contributed by atoms with van der Waals surface area (Å²) < 4.78 is 29.8. The Morgan fingerprint density at radius 2 is 2.28 bits per heavy atom. The molecule has 1 rings (SSSR count). The zero-order chi connectivity index (χ0) is 13.9. The Morgan fingerprint density at radius 3 is 2.72 bits per heavy atom. The van der Waals surface area contributed by atoms with Gasteiger partial charge in [-0.25, -0.2) is 13.8 Å². The summed E-state index contributed by atoms with van der Waals surface area (Å²) in [5.74, 6) is -0.760. The molecule has 0 N–H and O–H groups in total. The van der Waals surface area contributed by atoms with Gasteiger partial charge in [0.1, 0.15) is 9.26 Å². The lowest BCUT2D eigenvalue weighted by atomic mass is 10.1. The Hall–Kier alpha value is -1.39. The number of nitro groups is 1. The highest BCUT2D eigenvalue weighted by atomic mass is 127. The van der Waals surface area contributed by atoms with Crippen molar-refractivity contribution in [1.82, 2.24) is 4.98 Å². The molecule has 1 heterocycles. The summed E-state index contributed by atoms with van der Waals surface area (Å²) in [7, 11) is 1.10. The molecule has 0 atom stereocenters. The van der Waals surface area contributed by atoms with Crippen LogP contribution in [-0.4, -0.2) is 23.0 Å². The van der Waals surface area contributed by atoms with Crippen molar-refractivity contribution in [2.45, 2.75) is 12.8 Å². The van der Waals surface area contributed by atoms with E-state index < -0.39 is 35.0 Å². The molecule has 1 aromatic rings. The first-order valence-electron chi connectivity index (χ1n) is 4.55. The summed E-state index contributed by atoms with van der Waals surface area (Å²) in [6.07, 6.45) is -2.77. The molecule has 0 fully saturated rings. The Bertz CT molecular complexity index is 496. The number of pyridine rings is 1. The van der Waals surface area contributed by atoms with Crippen molar-refractivity contribution in [2.24, 2.45) is 0 Å². The van der Waals surface area contributed by atoms with Gasteiger partial charge in [-0.3, -0.25) is 14.9 Å². The molecule has 0 aliphatic rings. The van der Waals surface area contributed by atoms with E-state index in [1.807, 2.05) is 0 Å². The highest BCUT2D eigenvalue weighted by Gasteiger charge is 2.29. The van der Waals surface area contributed by atoms with Crippen LogP contribution in [0.2, 0.25) is 0 Å². The first-order valence-corrected chi connectivity index (χ1v) is 5.63. The molecule has 0 aliphatic heterocycles. The number of methoxy groups -OCH3 is 1. The Balaban J connectivity index is 3.41. The third-order valence-electron chi connectivity index (χ3n) is 2.09. The molecular weight excluding hydrogens is 365 g/mol. The third-order valence-corrected chi connectivity index (χ3v) is 3.02. The number of nitrogens with zero attached hydrogens (tertiary/aromatic N) is 2. The molecule has 0 spiro atoms. The molecule has 0 radical (unpaired) electrons. The molecule has 0 aliphatic carbocycles. The first-order chi connectivity index (χ1) is 8.38. The fourth-order valence-corrected chi connectivity index (χ4v) is 1.87. The topological polar surface area (TPSA) is 82.3 Å². The van der Waals surface area contributed by atoms with Gasteiger partial charge < -0.3 is 4.74 Å². The number of alkyl halides is 2. The van der Waals surface area contributed by atoms with Crippen molar-refractivity contribution in [3.05, 3.63) is 31.1 Å². The second kappa shape index (κ2) is 5.98. The van der Waals surface area contributed by atoms with Gasteiger partial charge in [-0.2, -0.15) is 0 Å². The number of carbonyl (C=O) groups is 1. The minimum absolute atomic E-state index is 0.120. The smallest absolute Gasteiger partial charge is 0.310 e. The maximum atomic E-state index is 12.7. The number of aromatic nitrogens is 1. The molecule has 0 saturated heterocycles. The molecule has 0 amide bonds. The van der Waals surface area contributed by atoms with Crippen LogP contribution < -0.4 is 0 Å². The number of hydrogen-bond acceptors (Lipinski definition) is 5. The van der Waals surface area contributed by atoms with Crippen molar-refractivity contribution in [2.75, 3.05) is 7.11 Å². The summed E-state index contributed by atoms with van der Waals surface area (Å²) >= 11 is 1.64. The number of rotatable bonds is 4. The molecule has 0 bridgehead atoms. The number of halogens is 3. The largest absolute Gasteiger partial charge is 0.469 e. The van der Waals surface area contributed by atoms with E-state index >= 15 is 0 Å². The van der Waals surface area contributed by atoms with Gasteiger partial charge in [0, 0.05) is 6.20 Å². The van der Waals surface area contributed by atoms with E-state index in [1.165, 1.54) is 0 Å². The number of carbonyl (C=O) groups excluding carboxylic acids is 1. The van der Waals surface area contributed by atoms with E-state index in [0.29, 0.717) is 0 Å².